The molecule has 1 aromatic carbocycles. The molecular weight excluding hydrogens is 324 g/mol. The molecule has 0 saturated carbocycles. The van der Waals surface area contributed by atoms with Gasteiger partial charge in [0.2, 0.25) is 0 Å². The first-order valence-corrected chi connectivity index (χ1v) is 7.28. The summed E-state index contributed by atoms with van der Waals surface area (Å²) < 4.78 is 2.80. The lowest BCUT2D eigenvalue weighted by atomic mass is 10.2. The second kappa shape index (κ2) is 4.11. The SMILES string of the molecule is Brc1ccc(-c2nc3c4ccccc4ncn3n2)s1. The standard InChI is InChI=1S/C13H7BrN4S/c14-11-6-5-10(19-11)12-16-13-8-3-1-2-4-9(8)15-7-18(13)17-12/h1-7H. The molecule has 0 radical (unpaired) electrons. The highest BCUT2D eigenvalue weighted by molar-refractivity contribution is 9.11. The highest BCUT2D eigenvalue weighted by Gasteiger charge is 2.11. The molecule has 0 fully saturated rings. The van der Waals surface area contributed by atoms with Crippen LogP contribution >= 0.6 is 27.3 Å². The van der Waals surface area contributed by atoms with Crippen molar-refractivity contribution in [2.75, 3.05) is 0 Å². The largest absolute Gasteiger partial charge is 0.236 e. The Hall–Kier alpha value is -1.79. The lowest BCUT2D eigenvalue weighted by Gasteiger charge is -1.96. The number of para-hydroxylation sites is 1. The molecule has 0 aliphatic heterocycles. The van der Waals surface area contributed by atoms with E-state index in [9.17, 15) is 0 Å². The molecule has 3 heterocycles. The molecule has 3 aromatic heterocycles. The second-order valence-electron chi connectivity index (χ2n) is 4.07. The lowest BCUT2D eigenvalue weighted by Crippen LogP contribution is -1.90. The molecule has 4 nitrogen and oxygen atoms in total. The van der Waals surface area contributed by atoms with Gasteiger partial charge in [-0.05, 0) is 40.2 Å². The quantitative estimate of drug-likeness (QED) is 0.533. The van der Waals surface area contributed by atoms with Crippen molar-refractivity contribution in [3.05, 3.63) is 46.5 Å². The van der Waals surface area contributed by atoms with E-state index < -0.39 is 0 Å². The first kappa shape index (κ1) is 11.1. The fraction of sp³-hybridized carbons (Fsp3) is 0. The Morgan fingerprint density at radius 3 is 2.84 bits per heavy atom. The molecule has 0 saturated heterocycles. The third-order valence-corrected chi connectivity index (χ3v) is 4.50. The molecule has 0 amide bonds. The molecular formula is C13H7BrN4S. The van der Waals surface area contributed by atoms with Crippen LogP contribution < -0.4 is 0 Å². The average Bonchev–Trinajstić information content (AvgIpc) is 3.04. The summed E-state index contributed by atoms with van der Waals surface area (Å²) in [6, 6.07) is 12.0. The molecule has 0 unspecified atom stereocenters. The number of benzene rings is 1. The van der Waals surface area contributed by atoms with Gasteiger partial charge >= 0.3 is 0 Å². The minimum absolute atomic E-state index is 0.730. The fourth-order valence-corrected chi connectivity index (χ4v) is 3.33. The van der Waals surface area contributed by atoms with E-state index in [2.05, 4.69) is 31.0 Å². The molecule has 0 bridgehead atoms. The normalized spacial score (nSPS) is 11.4. The molecule has 0 atom stereocenters. The van der Waals surface area contributed by atoms with Gasteiger partial charge in [0, 0.05) is 5.39 Å². The molecule has 0 spiro atoms. The second-order valence-corrected chi connectivity index (χ2v) is 6.53. The van der Waals surface area contributed by atoms with Gasteiger partial charge in [0.15, 0.2) is 11.5 Å². The molecule has 0 aliphatic carbocycles. The summed E-state index contributed by atoms with van der Waals surface area (Å²) >= 11 is 5.08. The summed E-state index contributed by atoms with van der Waals surface area (Å²) in [6.45, 7) is 0. The van der Waals surface area contributed by atoms with Crippen LogP contribution in [0.5, 0.6) is 0 Å². The van der Waals surface area contributed by atoms with E-state index in [1.807, 2.05) is 36.4 Å². The summed E-state index contributed by atoms with van der Waals surface area (Å²) in [5, 5.41) is 5.49. The molecule has 92 valence electrons. The van der Waals surface area contributed by atoms with Crippen molar-refractivity contribution in [3.8, 4) is 10.7 Å². The topological polar surface area (TPSA) is 43.1 Å². The summed E-state index contributed by atoms with van der Waals surface area (Å²) in [6.07, 6.45) is 1.71. The highest BCUT2D eigenvalue weighted by Crippen LogP contribution is 2.30. The van der Waals surface area contributed by atoms with Gasteiger partial charge in [0.25, 0.3) is 0 Å². The Kier molecular flexibility index (Phi) is 2.39. The van der Waals surface area contributed by atoms with Crippen molar-refractivity contribution in [1.82, 2.24) is 19.6 Å². The van der Waals surface area contributed by atoms with Crippen LogP contribution in [0.1, 0.15) is 0 Å². The predicted octanol–water partition coefficient (Wildman–Crippen LogP) is 3.77. The summed E-state index contributed by atoms with van der Waals surface area (Å²) in [7, 11) is 0. The maximum Gasteiger partial charge on any atom is 0.192 e. The number of aromatic nitrogens is 4. The van der Waals surface area contributed by atoms with Crippen LogP contribution in [0.4, 0.5) is 0 Å². The van der Waals surface area contributed by atoms with E-state index in [-0.39, 0.29) is 0 Å². The van der Waals surface area contributed by atoms with Gasteiger partial charge in [0.05, 0.1) is 14.2 Å². The van der Waals surface area contributed by atoms with E-state index in [1.165, 1.54) is 0 Å². The van der Waals surface area contributed by atoms with Crippen LogP contribution in [-0.2, 0) is 0 Å². The maximum atomic E-state index is 4.63. The van der Waals surface area contributed by atoms with Crippen molar-refractivity contribution < 1.29 is 0 Å². The Labute approximate surface area is 120 Å². The minimum Gasteiger partial charge on any atom is -0.236 e. The van der Waals surface area contributed by atoms with Gasteiger partial charge in [-0.25, -0.2) is 14.5 Å². The summed E-state index contributed by atoms with van der Waals surface area (Å²) in [5.41, 5.74) is 1.77. The van der Waals surface area contributed by atoms with Crippen LogP contribution in [0, 0.1) is 0 Å². The van der Waals surface area contributed by atoms with E-state index in [4.69, 9.17) is 0 Å². The Balaban J connectivity index is 2.03. The molecule has 0 aliphatic rings. The highest BCUT2D eigenvalue weighted by atomic mass is 79.9. The van der Waals surface area contributed by atoms with E-state index in [0.29, 0.717) is 0 Å². The first-order valence-electron chi connectivity index (χ1n) is 5.67. The monoisotopic (exact) mass is 330 g/mol. The Bertz CT molecular complexity index is 896. The third-order valence-electron chi connectivity index (χ3n) is 2.88. The van der Waals surface area contributed by atoms with Crippen LogP contribution in [0.2, 0.25) is 0 Å². The predicted molar refractivity (Wildman–Crippen MR) is 79.3 cm³/mol. The zero-order chi connectivity index (χ0) is 12.8. The summed E-state index contributed by atoms with van der Waals surface area (Å²) in [4.78, 5) is 10.0. The van der Waals surface area contributed by atoms with Gasteiger partial charge in [-0.3, -0.25) is 0 Å². The van der Waals surface area contributed by atoms with Crippen LogP contribution in [0.3, 0.4) is 0 Å². The lowest BCUT2D eigenvalue weighted by molar-refractivity contribution is 0.939. The first-order chi connectivity index (χ1) is 9.31. The van der Waals surface area contributed by atoms with Crippen LogP contribution in [0.25, 0.3) is 27.3 Å². The number of fused-ring (bicyclic) bond motifs is 3. The number of rotatable bonds is 1. The van der Waals surface area contributed by atoms with Crippen molar-refractivity contribution in [3.63, 3.8) is 0 Å². The average molecular weight is 331 g/mol. The summed E-state index contributed by atoms with van der Waals surface area (Å²) in [5.74, 6) is 0.730. The number of hydrogen-bond donors (Lipinski definition) is 0. The van der Waals surface area contributed by atoms with Crippen molar-refractivity contribution in [2.24, 2.45) is 0 Å². The van der Waals surface area contributed by atoms with Gasteiger partial charge in [-0.1, -0.05) is 12.1 Å². The van der Waals surface area contributed by atoms with Crippen LogP contribution in [0.15, 0.2) is 46.5 Å². The third kappa shape index (κ3) is 1.75. The van der Waals surface area contributed by atoms with Gasteiger partial charge < -0.3 is 0 Å². The zero-order valence-corrected chi connectivity index (χ0v) is 12.0. The smallest absolute Gasteiger partial charge is 0.192 e. The minimum atomic E-state index is 0.730. The van der Waals surface area contributed by atoms with Crippen molar-refractivity contribution in [1.29, 1.82) is 0 Å². The molecule has 0 N–H and O–H groups in total. The van der Waals surface area contributed by atoms with Crippen LogP contribution in [-0.4, -0.2) is 19.6 Å². The van der Waals surface area contributed by atoms with Gasteiger partial charge in [-0.15, -0.1) is 16.4 Å². The van der Waals surface area contributed by atoms with Crippen molar-refractivity contribution >= 4 is 43.8 Å². The maximum absolute atomic E-state index is 4.63. The molecule has 6 heteroatoms. The van der Waals surface area contributed by atoms with Crippen molar-refractivity contribution in [2.45, 2.75) is 0 Å². The Morgan fingerprint density at radius 1 is 1.11 bits per heavy atom. The molecule has 4 rings (SSSR count). The molecule has 4 aromatic rings. The fourth-order valence-electron chi connectivity index (χ4n) is 2.02. The van der Waals surface area contributed by atoms with E-state index in [1.54, 1.807) is 22.2 Å². The van der Waals surface area contributed by atoms with E-state index in [0.717, 1.165) is 31.0 Å². The number of halogens is 1. The zero-order valence-electron chi connectivity index (χ0n) is 9.62. The number of nitrogens with zero attached hydrogens (tertiary/aromatic N) is 4. The molecule has 19 heavy (non-hydrogen) atoms. The number of thiophene rings is 1. The van der Waals surface area contributed by atoms with Gasteiger partial charge in [0.1, 0.15) is 6.33 Å². The van der Waals surface area contributed by atoms with Gasteiger partial charge in [-0.2, -0.15) is 0 Å². The number of hydrogen-bond acceptors (Lipinski definition) is 4. The Morgan fingerprint density at radius 2 is 2.00 bits per heavy atom. The van der Waals surface area contributed by atoms with E-state index >= 15 is 0 Å².